The van der Waals surface area contributed by atoms with Crippen molar-refractivity contribution >= 4 is 50.2 Å². The highest BCUT2D eigenvalue weighted by atomic mass is 79.9. The summed E-state index contributed by atoms with van der Waals surface area (Å²) in [5.41, 5.74) is 0.790. The molecule has 78 valence electrons. The van der Waals surface area contributed by atoms with Crippen molar-refractivity contribution in [3.63, 3.8) is 0 Å². The van der Waals surface area contributed by atoms with Crippen molar-refractivity contribution in [2.75, 3.05) is 0 Å². The lowest BCUT2D eigenvalue weighted by atomic mass is 10.3. The van der Waals surface area contributed by atoms with Gasteiger partial charge in [-0.3, -0.25) is 4.79 Å². The highest BCUT2D eigenvalue weighted by molar-refractivity contribution is 9.10. The van der Waals surface area contributed by atoms with Crippen molar-refractivity contribution in [1.82, 2.24) is 14.5 Å². The van der Waals surface area contributed by atoms with Gasteiger partial charge in [0.25, 0.3) is 5.56 Å². The van der Waals surface area contributed by atoms with Gasteiger partial charge >= 0.3 is 0 Å². The Morgan fingerprint density at radius 3 is 2.73 bits per heavy atom. The van der Waals surface area contributed by atoms with Gasteiger partial charge in [-0.25, -0.2) is 9.97 Å². The quantitative estimate of drug-likeness (QED) is 0.554. The summed E-state index contributed by atoms with van der Waals surface area (Å²) < 4.78 is 1.78. The number of hydrogen-bond acceptors (Lipinski definition) is 3. The average molecular weight is 309 g/mol. The lowest BCUT2D eigenvalue weighted by molar-refractivity contribution is 0.891. The van der Waals surface area contributed by atoms with Crippen molar-refractivity contribution in [1.29, 1.82) is 0 Å². The molecular formula is C8H4BrCl2N3O. The molecule has 0 amide bonds. The second kappa shape index (κ2) is 3.73. The Bertz CT molecular complexity index is 611. The van der Waals surface area contributed by atoms with Gasteiger partial charge in [0, 0.05) is 7.05 Å². The lowest BCUT2D eigenvalue weighted by Gasteiger charge is -2.06. The summed E-state index contributed by atoms with van der Waals surface area (Å²) in [7, 11) is 1.60. The van der Waals surface area contributed by atoms with Crippen molar-refractivity contribution in [3.8, 4) is 0 Å². The van der Waals surface area contributed by atoms with Crippen LogP contribution in [0.5, 0.6) is 0 Å². The van der Waals surface area contributed by atoms with E-state index in [0.29, 0.717) is 15.5 Å². The molecule has 0 spiro atoms. The Labute approximate surface area is 103 Å². The first-order valence-corrected chi connectivity index (χ1v) is 5.44. The van der Waals surface area contributed by atoms with Crippen LogP contribution in [0.2, 0.25) is 10.4 Å². The molecule has 0 aromatic carbocycles. The monoisotopic (exact) mass is 307 g/mol. The van der Waals surface area contributed by atoms with Gasteiger partial charge in [0.15, 0.2) is 5.15 Å². The fraction of sp³-hybridized carbons (Fsp3) is 0.125. The van der Waals surface area contributed by atoms with Crippen molar-refractivity contribution in [2.45, 2.75) is 0 Å². The molecule has 2 heterocycles. The summed E-state index contributed by atoms with van der Waals surface area (Å²) >= 11 is 14.7. The van der Waals surface area contributed by atoms with Crippen LogP contribution in [-0.2, 0) is 7.05 Å². The van der Waals surface area contributed by atoms with E-state index in [9.17, 15) is 4.79 Å². The van der Waals surface area contributed by atoms with Crippen LogP contribution in [0.3, 0.4) is 0 Å². The van der Waals surface area contributed by atoms with Crippen molar-refractivity contribution in [2.24, 2.45) is 7.05 Å². The van der Waals surface area contributed by atoms with E-state index in [0.717, 1.165) is 0 Å². The number of hydrogen-bond donors (Lipinski definition) is 0. The number of nitrogens with zero attached hydrogens (tertiary/aromatic N) is 3. The van der Waals surface area contributed by atoms with Crippen LogP contribution in [0, 0.1) is 0 Å². The molecule has 0 radical (unpaired) electrons. The van der Waals surface area contributed by atoms with Crippen LogP contribution in [0.1, 0.15) is 0 Å². The molecule has 15 heavy (non-hydrogen) atoms. The molecule has 0 unspecified atom stereocenters. The number of pyridine rings is 1. The first-order valence-electron chi connectivity index (χ1n) is 3.89. The maximum Gasteiger partial charge on any atom is 0.265 e. The highest BCUT2D eigenvalue weighted by Gasteiger charge is 2.11. The summed E-state index contributed by atoms with van der Waals surface area (Å²) in [6, 6.07) is 1.57. The molecule has 0 saturated heterocycles. The molecule has 2 rings (SSSR count). The van der Waals surface area contributed by atoms with E-state index < -0.39 is 0 Å². The molecule has 7 heteroatoms. The highest BCUT2D eigenvalue weighted by Crippen LogP contribution is 2.22. The summed E-state index contributed by atoms with van der Waals surface area (Å²) in [6.45, 7) is 0. The molecule has 2 aromatic rings. The van der Waals surface area contributed by atoms with Gasteiger partial charge in [0.2, 0.25) is 5.28 Å². The smallest absolute Gasteiger partial charge is 0.265 e. The molecule has 0 aliphatic carbocycles. The average Bonchev–Trinajstić information content (AvgIpc) is 2.13. The van der Waals surface area contributed by atoms with Crippen molar-refractivity contribution in [3.05, 3.63) is 31.3 Å². The summed E-state index contributed by atoms with van der Waals surface area (Å²) in [4.78, 5) is 19.3. The lowest BCUT2D eigenvalue weighted by Crippen LogP contribution is -2.18. The van der Waals surface area contributed by atoms with Crippen LogP contribution >= 0.6 is 39.1 Å². The van der Waals surface area contributed by atoms with Gasteiger partial charge < -0.3 is 4.57 Å². The van der Waals surface area contributed by atoms with Gasteiger partial charge in [0.1, 0.15) is 5.52 Å². The fourth-order valence-corrected chi connectivity index (χ4v) is 2.28. The fourth-order valence-electron chi connectivity index (χ4n) is 1.27. The summed E-state index contributed by atoms with van der Waals surface area (Å²) in [5, 5.41) is 0.218. The molecule has 4 nitrogen and oxygen atoms in total. The third-order valence-corrected chi connectivity index (χ3v) is 2.95. The topological polar surface area (TPSA) is 47.8 Å². The number of rotatable bonds is 0. The van der Waals surface area contributed by atoms with Crippen LogP contribution in [0.4, 0.5) is 0 Å². The molecule has 0 atom stereocenters. The molecule has 0 aliphatic rings. The Hall–Kier alpha value is -0.650. The van der Waals surface area contributed by atoms with Crippen LogP contribution in [0.25, 0.3) is 11.0 Å². The first-order chi connectivity index (χ1) is 7.00. The Balaban J connectivity index is 3.05. The molecule has 0 N–H and O–H groups in total. The largest absolute Gasteiger partial charge is 0.306 e. The van der Waals surface area contributed by atoms with Crippen LogP contribution in [0.15, 0.2) is 15.3 Å². The maximum atomic E-state index is 11.6. The van der Waals surface area contributed by atoms with Gasteiger partial charge in [-0.2, -0.15) is 0 Å². The summed E-state index contributed by atoms with van der Waals surface area (Å²) in [5.74, 6) is 0. The van der Waals surface area contributed by atoms with Gasteiger partial charge in [-0.15, -0.1) is 0 Å². The molecule has 0 aliphatic heterocycles. The summed E-state index contributed by atoms with van der Waals surface area (Å²) in [6.07, 6.45) is 0. The van der Waals surface area contributed by atoms with E-state index in [2.05, 4.69) is 25.9 Å². The number of halogens is 3. The van der Waals surface area contributed by atoms with Crippen LogP contribution in [-0.4, -0.2) is 14.5 Å². The second-order valence-electron chi connectivity index (χ2n) is 2.87. The zero-order valence-corrected chi connectivity index (χ0v) is 10.6. The molecule has 0 bridgehead atoms. The van der Waals surface area contributed by atoms with Crippen LogP contribution < -0.4 is 5.56 Å². The Morgan fingerprint density at radius 2 is 2.07 bits per heavy atom. The minimum Gasteiger partial charge on any atom is -0.306 e. The van der Waals surface area contributed by atoms with E-state index in [1.165, 1.54) is 4.57 Å². The van der Waals surface area contributed by atoms with E-state index >= 15 is 0 Å². The number of aromatic nitrogens is 3. The Morgan fingerprint density at radius 1 is 1.40 bits per heavy atom. The van der Waals surface area contributed by atoms with E-state index in [1.807, 2.05) is 0 Å². The number of fused-ring (bicyclic) bond motifs is 1. The van der Waals surface area contributed by atoms with Gasteiger partial charge in [0.05, 0.1) is 9.99 Å². The third kappa shape index (κ3) is 1.75. The minimum atomic E-state index is -0.199. The van der Waals surface area contributed by atoms with E-state index in [4.69, 9.17) is 23.2 Å². The second-order valence-corrected chi connectivity index (χ2v) is 4.42. The molecule has 2 aromatic heterocycles. The van der Waals surface area contributed by atoms with E-state index in [1.54, 1.807) is 13.1 Å². The zero-order chi connectivity index (χ0) is 11.2. The molecule has 0 fully saturated rings. The Kier molecular flexibility index (Phi) is 2.70. The van der Waals surface area contributed by atoms with Crippen molar-refractivity contribution < 1.29 is 0 Å². The van der Waals surface area contributed by atoms with E-state index in [-0.39, 0.29) is 16.0 Å². The zero-order valence-electron chi connectivity index (χ0n) is 7.46. The number of aryl methyl sites for hydroxylation is 1. The predicted octanol–water partition coefficient (Wildman–Crippen LogP) is 2.40. The maximum absolute atomic E-state index is 11.6. The third-order valence-electron chi connectivity index (χ3n) is 1.95. The predicted molar refractivity (Wildman–Crippen MR) is 62.5 cm³/mol. The standard InChI is InChI=1S/C8H4BrCl2N3O/c1-14-5-4(2-3(9)7(14)15)12-8(11)13-6(5)10/h2H,1H3. The molecular weight excluding hydrogens is 305 g/mol. The molecule has 0 saturated carbocycles. The van der Waals surface area contributed by atoms with Gasteiger partial charge in [-0.1, -0.05) is 11.6 Å². The SMILES string of the molecule is Cn1c(=O)c(Br)cc2nc(Cl)nc(Cl)c21. The minimum absolute atomic E-state index is 0.0537. The van der Waals surface area contributed by atoms with Gasteiger partial charge in [-0.05, 0) is 33.6 Å². The normalized spacial score (nSPS) is 10.9. The first kappa shape index (κ1) is 10.9.